The molecule has 0 saturated carbocycles. The number of carboxylic acids is 2. The monoisotopic (exact) mass is 286 g/mol. The lowest BCUT2D eigenvalue weighted by molar-refractivity contribution is -0.165. The molecule has 0 heterocycles. The molecule has 1 aromatic carbocycles. The van der Waals surface area contributed by atoms with Gasteiger partial charge in [0.25, 0.3) is 0 Å². The molecule has 0 aliphatic rings. The summed E-state index contributed by atoms with van der Waals surface area (Å²) in [5, 5.41) is 34.5. The van der Waals surface area contributed by atoms with Crippen LogP contribution in [-0.4, -0.2) is 52.2 Å². The quantitative estimate of drug-likeness (QED) is 0.603. The summed E-state index contributed by atoms with van der Waals surface area (Å²) in [4.78, 5) is 20.3. The van der Waals surface area contributed by atoms with Crippen LogP contribution < -0.4 is 0 Å². The molecule has 0 amide bonds. The number of carboxylic acid groups (broad SMARTS) is 2. The van der Waals surface area contributed by atoms with Crippen molar-refractivity contribution in [2.45, 2.75) is 18.6 Å². The van der Waals surface area contributed by atoms with Gasteiger partial charge in [-0.1, -0.05) is 30.3 Å². The summed E-state index contributed by atoms with van der Waals surface area (Å²) >= 11 is 0. The molecule has 4 N–H and O–H groups in total. The van der Waals surface area contributed by atoms with E-state index in [1.165, 1.54) is 14.0 Å². The van der Waals surface area contributed by atoms with Gasteiger partial charge in [-0.25, -0.2) is 9.59 Å². The lowest BCUT2D eigenvalue weighted by Gasteiger charge is -2.22. The Hall–Kier alpha value is -1.96. The minimum atomic E-state index is -1.96. The standard InChI is InChI=1S/C10H12O4.C3H6O3/c1-14-7-10(13,9(11)12)8-5-3-2-4-6-8;1-2(4)3(5)6/h2-6,13H,7H2,1H3,(H,11,12);2,4H,1H3,(H,5,6). The fourth-order valence-corrected chi connectivity index (χ4v) is 1.19. The van der Waals surface area contributed by atoms with E-state index in [1.54, 1.807) is 30.3 Å². The number of aliphatic hydroxyl groups excluding tert-OH is 1. The van der Waals surface area contributed by atoms with Gasteiger partial charge in [0.05, 0.1) is 6.61 Å². The number of ether oxygens (including phenoxy) is 1. The molecular formula is C13H18O7. The second-order valence-electron chi connectivity index (χ2n) is 3.98. The highest BCUT2D eigenvalue weighted by Crippen LogP contribution is 2.21. The first-order valence-electron chi connectivity index (χ1n) is 5.66. The van der Waals surface area contributed by atoms with Crippen LogP contribution in [0.4, 0.5) is 0 Å². The van der Waals surface area contributed by atoms with Crippen molar-refractivity contribution in [1.29, 1.82) is 0 Å². The Morgan fingerprint density at radius 1 is 1.25 bits per heavy atom. The van der Waals surface area contributed by atoms with E-state index in [9.17, 15) is 14.7 Å². The van der Waals surface area contributed by atoms with Crippen molar-refractivity contribution in [2.24, 2.45) is 0 Å². The van der Waals surface area contributed by atoms with Gasteiger partial charge in [-0.15, -0.1) is 0 Å². The summed E-state index contributed by atoms with van der Waals surface area (Å²) in [6.07, 6.45) is -1.23. The Kier molecular flexibility index (Phi) is 7.45. The highest BCUT2D eigenvalue weighted by atomic mass is 16.5. The third-order valence-electron chi connectivity index (χ3n) is 2.32. The summed E-state index contributed by atoms with van der Waals surface area (Å²) in [6.45, 7) is 0.925. The van der Waals surface area contributed by atoms with Crippen LogP contribution in [0.2, 0.25) is 0 Å². The second-order valence-corrected chi connectivity index (χ2v) is 3.98. The van der Waals surface area contributed by atoms with Gasteiger partial charge < -0.3 is 25.2 Å². The average molecular weight is 286 g/mol. The summed E-state index contributed by atoms with van der Waals surface area (Å²) in [7, 11) is 1.34. The number of aliphatic hydroxyl groups is 2. The van der Waals surface area contributed by atoms with Crippen LogP contribution in [0.15, 0.2) is 30.3 Å². The van der Waals surface area contributed by atoms with Gasteiger partial charge in [0, 0.05) is 7.11 Å². The average Bonchev–Trinajstić information content (AvgIpc) is 2.40. The maximum atomic E-state index is 10.9. The molecular weight excluding hydrogens is 268 g/mol. The second kappa shape index (κ2) is 8.26. The molecule has 1 rings (SSSR count). The predicted octanol–water partition coefficient (Wildman–Crippen LogP) is 0.0570. The molecule has 2 unspecified atom stereocenters. The van der Waals surface area contributed by atoms with Crippen molar-refractivity contribution in [3.63, 3.8) is 0 Å². The van der Waals surface area contributed by atoms with Gasteiger partial charge in [-0.2, -0.15) is 0 Å². The van der Waals surface area contributed by atoms with Crippen LogP contribution in [0.3, 0.4) is 0 Å². The van der Waals surface area contributed by atoms with Gasteiger partial charge in [-0.05, 0) is 12.5 Å². The van der Waals surface area contributed by atoms with E-state index in [1.807, 2.05) is 0 Å². The minimum Gasteiger partial charge on any atom is -0.479 e. The lowest BCUT2D eigenvalue weighted by Crippen LogP contribution is -2.39. The van der Waals surface area contributed by atoms with E-state index in [2.05, 4.69) is 0 Å². The zero-order chi connectivity index (χ0) is 15.8. The zero-order valence-corrected chi connectivity index (χ0v) is 11.2. The molecule has 0 radical (unpaired) electrons. The first-order valence-corrected chi connectivity index (χ1v) is 5.66. The Labute approximate surface area is 116 Å². The Morgan fingerprint density at radius 2 is 1.70 bits per heavy atom. The van der Waals surface area contributed by atoms with Crippen LogP contribution in [-0.2, 0) is 19.9 Å². The van der Waals surface area contributed by atoms with Crippen molar-refractivity contribution < 1.29 is 34.8 Å². The lowest BCUT2D eigenvalue weighted by atomic mass is 9.95. The maximum absolute atomic E-state index is 10.9. The molecule has 7 heteroatoms. The Bertz CT molecular complexity index is 430. The fraction of sp³-hybridized carbons (Fsp3) is 0.385. The molecule has 0 aromatic heterocycles. The molecule has 0 aliphatic heterocycles. The van der Waals surface area contributed by atoms with Gasteiger partial charge in [0.1, 0.15) is 6.10 Å². The van der Waals surface area contributed by atoms with Crippen molar-refractivity contribution in [2.75, 3.05) is 13.7 Å². The molecule has 20 heavy (non-hydrogen) atoms. The van der Waals surface area contributed by atoms with E-state index in [4.69, 9.17) is 20.1 Å². The first-order chi connectivity index (χ1) is 9.25. The smallest absolute Gasteiger partial charge is 0.342 e. The van der Waals surface area contributed by atoms with Gasteiger partial charge >= 0.3 is 11.9 Å². The van der Waals surface area contributed by atoms with Crippen molar-refractivity contribution >= 4 is 11.9 Å². The van der Waals surface area contributed by atoms with E-state index in [-0.39, 0.29) is 6.61 Å². The minimum absolute atomic E-state index is 0.271. The predicted molar refractivity (Wildman–Crippen MR) is 69.2 cm³/mol. The molecule has 2 atom stereocenters. The highest BCUT2D eigenvalue weighted by Gasteiger charge is 2.37. The normalized spacial score (nSPS) is 14.4. The van der Waals surface area contributed by atoms with Gasteiger partial charge in [0.2, 0.25) is 5.60 Å². The SMILES string of the molecule is CC(O)C(=O)O.COCC(O)(C(=O)O)c1ccccc1. The molecule has 0 aliphatic carbocycles. The number of benzene rings is 1. The molecule has 0 fully saturated rings. The van der Waals surface area contributed by atoms with Gasteiger partial charge in [0.15, 0.2) is 0 Å². The Morgan fingerprint density at radius 3 is 2.00 bits per heavy atom. The number of methoxy groups -OCH3 is 1. The van der Waals surface area contributed by atoms with Crippen molar-refractivity contribution in [3.05, 3.63) is 35.9 Å². The first kappa shape index (κ1) is 18.0. The summed E-state index contributed by atoms with van der Waals surface area (Å²) in [5.74, 6) is -2.50. The Balaban J connectivity index is 0.000000511. The summed E-state index contributed by atoms with van der Waals surface area (Å²) in [6, 6.07) is 8.18. The third-order valence-corrected chi connectivity index (χ3v) is 2.32. The van der Waals surface area contributed by atoms with Gasteiger partial charge in [-0.3, -0.25) is 0 Å². The number of aliphatic carboxylic acids is 2. The molecule has 0 bridgehead atoms. The number of carbonyl (C=O) groups is 2. The van der Waals surface area contributed by atoms with E-state index in [0.29, 0.717) is 5.56 Å². The summed E-state index contributed by atoms with van der Waals surface area (Å²) in [5.41, 5.74) is -1.65. The molecule has 1 aromatic rings. The van der Waals surface area contributed by atoms with Crippen LogP contribution in [0.1, 0.15) is 12.5 Å². The number of hydrogen-bond acceptors (Lipinski definition) is 5. The summed E-state index contributed by atoms with van der Waals surface area (Å²) < 4.78 is 4.69. The number of hydrogen-bond donors (Lipinski definition) is 4. The molecule has 7 nitrogen and oxygen atoms in total. The fourth-order valence-electron chi connectivity index (χ4n) is 1.19. The molecule has 112 valence electrons. The molecule has 0 spiro atoms. The van der Waals surface area contributed by atoms with Crippen LogP contribution >= 0.6 is 0 Å². The van der Waals surface area contributed by atoms with Crippen molar-refractivity contribution in [3.8, 4) is 0 Å². The van der Waals surface area contributed by atoms with E-state index < -0.39 is 23.6 Å². The topological polar surface area (TPSA) is 124 Å². The highest BCUT2D eigenvalue weighted by molar-refractivity contribution is 5.79. The van der Waals surface area contributed by atoms with E-state index >= 15 is 0 Å². The zero-order valence-electron chi connectivity index (χ0n) is 11.2. The van der Waals surface area contributed by atoms with Crippen molar-refractivity contribution in [1.82, 2.24) is 0 Å². The van der Waals surface area contributed by atoms with Crippen LogP contribution in [0, 0.1) is 0 Å². The molecule has 0 saturated heterocycles. The van der Waals surface area contributed by atoms with E-state index in [0.717, 1.165) is 0 Å². The largest absolute Gasteiger partial charge is 0.479 e. The number of rotatable bonds is 5. The van der Waals surface area contributed by atoms with Crippen LogP contribution in [0.5, 0.6) is 0 Å². The van der Waals surface area contributed by atoms with Crippen LogP contribution in [0.25, 0.3) is 0 Å². The maximum Gasteiger partial charge on any atom is 0.342 e. The third kappa shape index (κ3) is 5.35.